The molecule has 1 aliphatic heterocycles. The van der Waals surface area contributed by atoms with Gasteiger partial charge in [-0.2, -0.15) is 5.10 Å². The second-order valence-corrected chi connectivity index (χ2v) is 6.56. The third kappa shape index (κ3) is 2.41. The summed E-state index contributed by atoms with van der Waals surface area (Å²) < 4.78 is 7.62. The van der Waals surface area contributed by atoms with Gasteiger partial charge in [0.2, 0.25) is 0 Å². The summed E-state index contributed by atoms with van der Waals surface area (Å²) >= 11 is 0. The third-order valence-corrected chi connectivity index (χ3v) is 5.10. The van der Waals surface area contributed by atoms with Crippen LogP contribution in [0.4, 0.5) is 0 Å². The number of aromatic nitrogens is 3. The highest BCUT2D eigenvalue weighted by molar-refractivity contribution is 5.97. The van der Waals surface area contributed by atoms with E-state index in [2.05, 4.69) is 10.1 Å². The average molecular weight is 314 g/mol. The molecule has 23 heavy (non-hydrogen) atoms. The molecule has 2 fully saturated rings. The molecule has 0 bridgehead atoms. The molecule has 2 aromatic heterocycles. The fourth-order valence-electron chi connectivity index (χ4n) is 3.94. The van der Waals surface area contributed by atoms with Crippen LogP contribution in [-0.4, -0.2) is 50.9 Å². The number of hydrogen-bond donors (Lipinski definition) is 0. The van der Waals surface area contributed by atoms with E-state index >= 15 is 0 Å². The van der Waals surface area contributed by atoms with Crippen LogP contribution in [0.15, 0.2) is 12.3 Å². The summed E-state index contributed by atoms with van der Waals surface area (Å²) in [6, 6.07) is 2.15. The van der Waals surface area contributed by atoms with Gasteiger partial charge in [-0.25, -0.2) is 4.98 Å². The second kappa shape index (κ2) is 5.60. The first-order valence-corrected chi connectivity index (χ1v) is 8.37. The molecule has 6 heteroatoms. The van der Waals surface area contributed by atoms with Crippen molar-refractivity contribution < 1.29 is 9.53 Å². The minimum absolute atomic E-state index is 0.0721. The monoisotopic (exact) mass is 314 g/mol. The molecule has 0 unspecified atom stereocenters. The second-order valence-electron chi connectivity index (χ2n) is 6.56. The maximum absolute atomic E-state index is 13.0. The lowest BCUT2D eigenvalue weighted by Gasteiger charge is -2.43. The van der Waals surface area contributed by atoms with Crippen molar-refractivity contribution in [3.8, 4) is 0 Å². The van der Waals surface area contributed by atoms with Crippen molar-refractivity contribution in [2.45, 2.75) is 44.8 Å². The zero-order chi connectivity index (χ0) is 16.0. The van der Waals surface area contributed by atoms with Crippen molar-refractivity contribution in [1.29, 1.82) is 0 Å². The molecule has 1 amide bonds. The zero-order valence-corrected chi connectivity index (χ0v) is 13.7. The quantitative estimate of drug-likeness (QED) is 0.808. The molecule has 0 N–H and O–H groups in total. The number of rotatable bonds is 1. The fraction of sp³-hybridized carbons (Fsp3) is 0.588. The van der Waals surface area contributed by atoms with Gasteiger partial charge in [-0.05, 0) is 25.8 Å². The minimum Gasteiger partial charge on any atom is -0.374 e. The van der Waals surface area contributed by atoms with Crippen molar-refractivity contribution in [2.75, 3.05) is 13.2 Å². The Morgan fingerprint density at radius 2 is 2.17 bits per heavy atom. The van der Waals surface area contributed by atoms with E-state index in [-0.39, 0.29) is 18.1 Å². The van der Waals surface area contributed by atoms with Crippen molar-refractivity contribution in [2.24, 2.45) is 7.05 Å². The Morgan fingerprint density at radius 3 is 3.04 bits per heavy atom. The Bertz CT molecular complexity index is 752. The van der Waals surface area contributed by atoms with E-state index < -0.39 is 0 Å². The minimum atomic E-state index is 0.0721. The van der Waals surface area contributed by atoms with Crippen molar-refractivity contribution in [1.82, 2.24) is 19.7 Å². The molecule has 2 aliphatic rings. The Morgan fingerprint density at radius 1 is 1.35 bits per heavy atom. The summed E-state index contributed by atoms with van der Waals surface area (Å²) in [5.74, 6) is 0.0721. The first-order chi connectivity index (χ1) is 11.1. The lowest BCUT2D eigenvalue weighted by molar-refractivity contribution is -0.0752. The molecule has 3 heterocycles. The van der Waals surface area contributed by atoms with E-state index in [1.807, 2.05) is 24.9 Å². The van der Waals surface area contributed by atoms with Gasteiger partial charge in [0.15, 0.2) is 5.65 Å². The van der Waals surface area contributed by atoms with Crippen LogP contribution in [0.5, 0.6) is 0 Å². The number of fused-ring (bicyclic) bond motifs is 2. The highest BCUT2D eigenvalue weighted by atomic mass is 16.5. The number of carbonyl (C=O) groups excluding carboxylic acids is 1. The topological polar surface area (TPSA) is 60.2 Å². The van der Waals surface area contributed by atoms with Crippen LogP contribution in [0.2, 0.25) is 0 Å². The molecule has 6 nitrogen and oxygen atoms in total. The molecule has 2 aromatic rings. The van der Waals surface area contributed by atoms with Gasteiger partial charge in [0.05, 0.1) is 30.0 Å². The maximum Gasteiger partial charge on any atom is 0.255 e. The standard InChI is InChI=1S/C17H22N4O2/c1-11-13-9-12(10-18-16(13)20(2)19-11)17(22)21-7-8-23-15-6-4-3-5-14(15)21/h9-10,14-15H,3-8H2,1-2H3/t14-,15+/m0/s1. The molecule has 2 atom stereocenters. The molecule has 0 aromatic carbocycles. The molecular formula is C17H22N4O2. The van der Waals surface area contributed by atoms with Crippen LogP contribution in [0.25, 0.3) is 11.0 Å². The van der Waals surface area contributed by atoms with Crippen molar-refractivity contribution >= 4 is 16.9 Å². The predicted octanol–water partition coefficient (Wildman–Crippen LogP) is 2.06. The fourth-order valence-corrected chi connectivity index (χ4v) is 3.94. The van der Waals surface area contributed by atoms with Crippen molar-refractivity contribution in [3.05, 3.63) is 23.5 Å². The lowest BCUT2D eigenvalue weighted by Crippen LogP contribution is -2.54. The summed E-state index contributed by atoms with van der Waals surface area (Å²) in [5, 5.41) is 5.33. The Hall–Kier alpha value is -1.95. The average Bonchev–Trinajstić information content (AvgIpc) is 2.87. The Labute approximate surface area is 135 Å². The number of amides is 1. The molecule has 1 aliphatic carbocycles. The summed E-state index contributed by atoms with van der Waals surface area (Å²) in [6.07, 6.45) is 6.36. The van der Waals surface area contributed by atoms with Crippen LogP contribution in [0.3, 0.4) is 0 Å². The van der Waals surface area contributed by atoms with E-state index in [0.717, 1.165) is 29.6 Å². The SMILES string of the molecule is Cc1nn(C)c2ncc(C(=O)N3CCO[C@@H]4CCCC[C@@H]43)cc12. The van der Waals surface area contributed by atoms with E-state index in [9.17, 15) is 4.79 Å². The Kier molecular flexibility index (Phi) is 3.56. The largest absolute Gasteiger partial charge is 0.374 e. The number of carbonyl (C=O) groups is 1. The number of pyridine rings is 1. The van der Waals surface area contributed by atoms with Gasteiger partial charge >= 0.3 is 0 Å². The number of hydrogen-bond acceptors (Lipinski definition) is 4. The predicted molar refractivity (Wildman–Crippen MR) is 86.3 cm³/mol. The molecular weight excluding hydrogens is 292 g/mol. The van der Waals surface area contributed by atoms with Gasteiger partial charge in [0.25, 0.3) is 5.91 Å². The number of morpholine rings is 1. The smallest absolute Gasteiger partial charge is 0.255 e. The molecule has 0 radical (unpaired) electrons. The first-order valence-electron chi connectivity index (χ1n) is 8.37. The normalized spacial score (nSPS) is 24.7. The van der Waals surface area contributed by atoms with E-state index in [1.165, 1.54) is 12.8 Å². The molecule has 122 valence electrons. The van der Waals surface area contributed by atoms with Gasteiger partial charge < -0.3 is 9.64 Å². The van der Waals surface area contributed by atoms with Gasteiger partial charge in [0.1, 0.15) is 0 Å². The highest BCUT2D eigenvalue weighted by Gasteiger charge is 2.37. The summed E-state index contributed by atoms with van der Waals surface area (Å²) in [6.45, 7) is 3.25. The molecule has 1 saturated heterocycles. The summed E-state index contributed by atoms with van der Waals surface area (Å²) in [5.41, 5.74) is 2.37. The van der Waals surface area contributed by atoms with Crippen LogP contribution in [0, 0.1) is 6.92 Å². The van der Waals surface area contributed by atoms with E-state index in [1.54, 1.807) is 10.9 Å². The Balaban J connectivity index is 1.66. The summed E-state index contributed by atoms with van der Waals surface area (Å²) in [4.78, 5) is 19.5. The first kappa shape index (κ1) is 14.6. The van der Waals surface area contributed by atoms with Crippen LogP contribution in [-0.2, 0) is 11.8 Å². The molecule has 4 rings (SSSR count). The van der Waals surface area contributed by atoms with Gasteiger partial charge in [-0.15, -0.1) is 0 Å². The van der Waals surface area contributed by atoms with Crippen LogP contribution in [0.1, 0.15) is 41.7 Å². The van der Waals surface area contributed by atoms with Gasteiger partial charge in [0, 0.05) is 25.2 Å². The lowest BCUT2D eigenvalue weighted by atomic mass is 9.90. The number of aryl methyl sites for hydroxylation is 2. The van der Waals surface area contributed by atoms with Gasteiger partial charge in [-0.1, -0.05) is 12.8 Å². The maximum atomic E-state index is 13.0. The van der Waals surface area contributed by atoms with Crippen molar-refractivity contribution in [3.63, 3.8) is 0 Å². The number of nitrogens with zero attached hydrogens (tertiary/aromatic N) is 4. The van der Waals surface area contributed by atoms with Crippen LogP contribution >= 0.6 is 0 Å². The molecule has 0 spiro atoms. The molecule has 1 saturated carbocycles. The van der Waals surface area contributed by atoms with E-state index in [4.69, 9.17) is 4.74 Å². The zero-order valence-electron chi connectivity index (χ0n) is 13.7. The summed E-state index contributed by atoms with van der Waals surface area (Å²) in [7, 11) is 1.87. The number of ether oxygens (including phenoxy) is 1. The third-order valence-electron chi connectivity index (χ3n) is 5.10. The van der Waals surface area contributed by atoms with Gasteiger partial charge in [-0.3, -0.25) is 9.48 Å². The van der Waals surface area contributed by atoms with Crippen LogP contribution < -0.4 is 0 Å². The highest BCUT2D eigenvalue weighted by Crippen LogP contribution is 2.29. The van der Waals surface area contributed by atoms with E-state index in [0.29, 0.717) is 18.7 Å².